The van der Waals surface area contributed by atoms with Crippen molar-refractivity contribution in [2.24, 2.45) is 0 Å². The lowest BCUT2D eigenvalue weighted by Gasteiger charge is -2.28. The Bertz CT molecular complexity index is 883. The minimum Gasteiger partial charge on any atom is -0.494 e. The molecule has 0 unspecified atom stereocenters. The van der Waals surface area contributed by atoms with Gasteiger partial charge in [-0.3, -0.25) is 9.10 Å². The first-order valence-corrected chi connectivity index (χ1v) is 11.5. The minimum absolute atomic E-state index is 0.404. The highest BCUT2D eigenvalue weighted by molar-refractivity contribution is 7.98. The number of para-hydroxylation sites is 1. The molecule has 2 aromatic rings. The normalized spacial score (nSPS) is 12.3. The molecule has 0 radical (unpaired) electrons. The van der Waals surface area contributed by atoms with Crippen molar-refractivity contribution >= 4 is 39.1 Å². The summed E-state index contributed by atoms with van der Waals surface area (Å²) in [4.78, 5) is 13.7. The van der Waals surface area contributed by atoms with E-state index in [0.29, 0.717) is 23.7 Å². The summed E-state index contributed by atoms with van der Waals surface area (Å²) >= 11 is 1.51. The predicted molar refractivity (Wildman–Crippen MR) is 111 cm³/mol. The molecular weight excluding hydrogens is 384 g/mol. The van der Waals surface area contributed by atoms with Gasteiger partial charge in [-0.2, -0.15) is 0 Å². The van der Waals surface area contributed by atoms with E-state index < -0.39 is 22.0 Å². The molecule has 1 amide bonds. The van der Waals surface area contributed by atoms with Crippen molar-refractivity contribution in [2.75, 3.05) is 28.7 Å². The van der Waals surface area contributed by atoms with E-state index in [9.17, 15) is 13.2 Å². The fraction of sp³-hybridized carbons (Fsp3) is 0.316. The zero-order valence-corrected chi connectivity index (χ0v) is 17.4. The van der Waals surface area contributed by atoms with Crippen LogP contribution in [0.1, 0.15) is 13.8 Å². The molecular formula is C19H24N2O4S2. The second-order valence-electron chi connectivity index (χ2n) is 5.85. The third-order valence-electron chi connectivity index (χ3n) is 3.86. The van der Waals surface area contributed by atoms with Gasteiger partial charge in [0.1, 0.15) is 11.8 Å². The highest BCUT2D eigenvalue weighted by atomic mass is 32.2. The molecule has 8 heteroatoms. The van der Waals surface area contributed by atoms with Crippen LogP contribution in [0.5, 0.6) is 5.75 Å². The SMILES string of the molecule is CCOc1ccc(N([C@H](C)C(=O)Nc2ccccc2SC)S(C)(=O)=O)cc1. The van der Waals surface area contributed by atoms with Crippen LogP contribution < -0.4 is 14.4 Å². The number of hydrogen-bond donors (Lipinski definition) is 1. The number of sulfonamides is 1. The van der Waals surface area contributed by atoms with Crippen molar-refractivity contribution in [2.45, 2.75) is 24.8 Å². The molecule has 2 aromatic carbocycles. The van der Waals surface area contributed by atoms with Crippen LogP contribution in [0.25, 0.3) is 0 Å². The van der Waals surface area contributed by atoms with Gasteiger partial charge in [0, 0.05) is 4.90 Å². The van der Waals surface area contributed by atoms with E-state index in [2.05, 4.69) is 5.32 Å². The van der Waals surface area contributed by atoms with E-state index in [0.717, 1.165) is 15.5 Å². The third-order valence-corrected chi connectivity index (χ3v) is 5.89. The second kappa shape index (κ2) is 9.14. The monoisotopic (exact) mass is 408 g/mol. The molecule has 1 N–H and O–H groups in total. The molecule has 0 fully saturated rings. The average molecular weight is 409 g/mol. The topological polar surface area (TPSA) is 75.7 Å². The maximum Gasteiger partial charge on any atom is 0.248 e. The maximum absolute atomic E-state index is 12.8. The summed E-state index contributed by atoms with van der Waals surface area (Å²) in [6, 6.07) is 13.1. The van der Waals surface area contributed by atoms with Gasteiger partial charge in [0.05, 0.1) is 24.2 Å². The number of carbonyl (C=O) groups is 1. The van der Waals surface area contributed by atoms with Gasteiger partial charge >= 0.3 is 0 Å². The largest absolute Gasteiger partial charge is 0.494 e. The number of amides is 1. The van der Waals surface area contributed by atoms with E-state index in [1.165, 1.54) is 11.8 Å². The van der Waals surface area contributed by atoms with Crippen LogP contribution in [-0.2, 0) is 14.8 Å². The van der Waals surface area contributed by atoms with E-state index in [-0.39, 0.29) is 0 Å². The molecule has 6 nitrogen and oxygen atoms in total. The molecule has 0 aliphatic heterocycles. The number of rotatable bonds is 8. The standard InChI is InChI=1S/C19H24N2O4S2/c1-5-25-16-12-10-15(11-13-16)21(27(4,23)24)14(2)19(22)20-17-8-6-7-9-18(17)26-3/h6-14H,5H2,1-4H3,(H,20,22)/t14-/m1/s1. The second-order valence-corrected chi connectivity index (χ2v) is 8.56. The Labute approximate surface area is 165 Å². The number of nitrogens with zero attached hydrogens (tertiary/aromatic N) is 1. The molecule has 0 aromatic heterocycles. The molecule has 2 rings (SSSR count). The van der Waals surface area contributed by atoms with E-state index in [4.69, 9.17) is 4.74 Å². The minimum atomic E-state index is -3.67. The first-order valence-electron chi connectivity index (χ1n) is 8.44. The van der Waals surface area contributed by atoms with Gasteiger partial charge in [0.25, 0.3) is 0 Å². The molecule has 0 bridgehead atoms. The number of hydrogen-bond acceptors (Lipinski definition) is 5. The van der Waals surface area contributed by atoms with E-state index in [1.54, 1.807) is 37.3 Å². The van der Waals surface area contributed by atoms with Crippen molar-refractivity contribution in [3.05, 3.63) is 48.5 Å². The summed E-state index contributed by atoms with van der Waals surface area (Å²) in [7, 11) is -3.67. The fourth-order valence-electron chi connectivity index (χ4n) is 2.65. The number of nitrogens with one attached hydrogen (secondary N) is 1. The lowest BCUT2D eigenvalue weighted by atomic mass is 10.2. The molecule has 1 atom stereocenters. The summed E-state index contributed by atoms with van der Waals surface area (Å²) in [5.74, 6) is 0.233. The molecule has 0 heterocycles. The first-order chi connectivity index (χ1) is 12.8. The Morgan fingerprint density at radius 1 is 1.19 bits per heavy atom. The van der Waals surface area contributed by atoms with Crippen LogP contribution in [0.3, 0.4) is 0 Å². The van der Waals surface area contributed by atoms with Crippen molar-refractivity contribution in [3.63, 3.8) is 0 Å². The zero-order valence-electron chi connectivity index (χ0n) is 15.8. The molecule has 0 spiro atoms. The van der Waals surface area contributed by atoms with Crippen LogP contribution >= 0.6 is 11.8 Å². The predicted octanol–water partition coefficient (Wildman–Crippen LogP) is 3.60. The zero-order chi connectivity index (χ0) is 20.0. The van der Waals surface area contributed by atoms with Gasteiger partial charge < -0.3 is 10.1 Å². The van der Waals surface area contributed by atoms with Crippen LogP contribution in [0.15, 0.2) is 53.4 Å². The summed E-state index contributed by atoms with van der Waals surface area (Å²) in [6.45, 7) is 3.95. The Morgan fingerprint density at radius 3 is 2.37 bits per heavy atom. The molecule has 0 saturated carbocycles. The van der Waals surface area contributed by atoms with E-state index >= 15 is 0 Å². The van der Waals surface area contributed by atoms with Gasteiger partial charge in [0.2, 0.25) is 15.9 Å². The van der Waals surface area contributed by atoms with Gasteiger partial charge in [-0.15, -0.1) is 11.8 Å². The quantitative estimate of drug-likeness (QED) is 0.676. The Morgan fingerprint density at radius 2 is 1.81 bits per heavy atom. The Hall–Kier alpha value is -2.19. The Kier molecular flexibility index (Phi) is 7.15. The van der Waals surface area contributed by atoms with Gasteiger partial charge in [-0.25, -0.2) is 8.42 Å². The van der Waals surface area contributed by atoms with Gasteiger partial charge in [-0.1, -0.05) is 12.1 Å². The third kappa shape index (κ3) is 5.40. The lowest BCUT2D eigenvalue weighted by molar-refractivity contribution is -0.116. The number of anilines is 2. The summed E-state index contributed by atoms with van der Waals surface area (Å²) in [5, 5.41) is 2.82. The van der Waals surface area contributed by atoms with Crippen LogP contribution in [-0.4, -0.2) is 39.5 Å². The molecule has 27 heavy (non-hydrogen) atoms. The summed E-state index contributed by atoms with van der Waals surface area (Å²) in [6.07, 6.45) is 3.00. The fourth-order valence-corrected chi connectivity index (χ4v) is 4.38. The number of thioether (sulfide) groups is 1. The average Bonchev–Trinajstić information content (AvgIpc) is 2.62. The van der Waals surface area contributed by atoms with Crippen molar-refractivity contribution in [1.82, 2.24) is 0 Å². The highest BCUT2D eigenvalue weighted by Crippen LogP contribution is 2.27. The van der Waals surface area contributed by atoms with Crippen LogP contribution in [0.4, 0.5) is 11.4 Å². The number of carbonyl (C=O) groups excluding carboxylic acids is 1. The lowest BCUT2D eigenvalue weighted by Crippen LogP contribution is -2.45. The first kappa shape index (κ1) is 21.1. The maximum atomic E-state index is 12.8. The molecule has 146 valence electrons. The van der Waals surface area contributed by atoms with Gasteiger partial charge in [-0.05, 0) is 56.5 Å². The molecule has 0 aliphatic carbocycles. The number of ether oxygens (including phenoxy) is 1. The summed E-state index contributed by atoms with van der Waals surface area (Å²) in [5.41, 5.74) is 1.06. The van der Waals surface area contributed by atoms with Crippen molar-refractivity contribution < 1.29 is 17.9 Å². The number of benzene rings is 2. The van der Waals surface area contributed by atoms with Crippen molar-refractivity contribution in [1.29, 1.82) is 0 Å². The van der Waals surface area contributed by atoms with E-state index in [1.807, 2.05) is 31.4 Å². The van der Waals surface area contributed by atoms with Crippen LogP contribution in [0, 0.1) is 0 Å². The van der Waals surface area contributed by atoms with Crippen molar-refractivity contribution in [3.8, 4) is 5.75 Å². The summed E-state index contributed by atoms with van der Waals surface area (Å²) < 4.78 is 31.2. The molecule has 0 aliphatic rings. The van der Waals surface area contributed by atoms with Gasteiger partial charge in [0.15, 0.2) is 0 Å². The molecule has 0 saturated heterocycles. The highest BCUT2D eigenvalue weighted by Gasteiger charge is 2.29. The Balaban J connectivity index is 2.29. The smallest absolute Gasteiger partial charge is 0.248 e. The van der Waals surface area contributed by atoms with Crippen LogP contribution in [0.2, 0.25) is 0 Å².